The van der Waals surface area contributed by atoms with Crippen molar-refractivity contribution in [3.05, 3.63) is 64.7 Å². The second-order valence-electron chi connectivity index (χ2n) is 8.03. The van der Waals surface area contributed by atoms with Crippen LogP contribution < -0.4 is 9.47 Å². The van der Waals surface area contributed by atoms with Gasteiger partial charge in [-0.15, -0.1) is 0 Å². The molecule has 0 spiro atoms. The summed E-state index contributed by atoms with van der Waals surface area (Å²) in [6, 6.07) is 13.4. The average molecular weight is 471 g/mol. The van der Waals surface area contributed by atoms with Gasteiger partial charge in [0.25, 0.3) is 0 Å². The molecule has 4 rings (SSSR count). The number of amides is 2. The summed E-state index contributed by atoms with van der Waals surface area (Å²) in [6.45, 7) is 1.69. The van der Waals surface area contributed by atoms with E-state index in [0.717, 1.165) is 5.56 Å². The van der Waals surface area contributed by atoms with E-state index in [4.69, 9.17) is 25.8 Å². The minimum absolute atomic E-state index is 0.0690. The highest BCUT2D eigenvalue weighted by molar-refractivity contribution is 6.33. The molecule has 2 heterocycles. The van der Waals surface area contributed by atoms with Crippen LogP contribution in [-0.2, 0) is 9.53 Å². The number of nitrogens with zero attached hydrogens (tertiary/aromatic N) is 2. The predicted octanol–water partition coefficient (Wildman–Crippen LogP) is 4.55. The summed E-state index contributed by atoms with van der Waals surface area (Å²) >= 11 is 6.39. The molecule has 2 aromatic rings. The third-order valence-corrected chi connectivity index (χ3v) is 6.54. The Bertz CT molecular complexity index is 1030. The Morgan fingerprint density at radius 1 is 1.09 bits per heavy atom. The second kappa shape index (κ2) is 10.2. The fraction of sp³-hybridized carbons (Fsp3) is 0.360. The summed E-state index contributed by atoms with van der Waals surface area (Å²) < 4.78 is 16.1. The molecule has 0 saturated carbocycles. The van der Waals surface area contributed by atoms with Crippen molar-refractivity contribution in [2.45, 2.75) is 25.0 Å². The Morgan fingerprint density at radius 3 is 2.48 bits per heavy atom. The van der Waals surface area contributed by atoms with Crippen molar-refractivity contribution < 1.29 is 23.8 Å². The van der Waals surface area contributed by atoms with E-state index in [9.17, 15) is 9.59 Å². The lowest BCUT2D eigenvalue weighted by Crippen LogP contribution is -2.46. The molecule has 1 unspecified atom stereocenters. The molecule has 2 aliphatic rings. The van der Waals surface area contributed by atoms with Crippen molar-refractivity contribution >= 4 is 29.7 Å². The molecule has 0 radical (unpaired) electrons. The summed E-state index contributed by atoms with van der Waals surface area (Å²) in [5.41, 5.74) is 1.67. The van der Waals surface area contributed by atoms with Gasteiger partial charge in [-0.1, -0.05) is 41.9 Å². The molecule has 174 valence electrons. The molecule has 2 fully saturated rings. The molecule has 0 aliphatic carbocycles. The van der Waals surface area contributed by atoms with E-state index in [1.165, 1.54) is 13.2 Å². The fourth-order valence-corrected chi connectivity index (χ4v) is 4.61. The first-order valence-corrected chi connectivity index (χ1v) is 11.3. The van der Waals surface area contributed by atoms with Gasteiger partial charge < -0.3 is 24.0 Å². The monoisotopic (exact) mass is 470 g/mol. The zero-order chi connectivity index (χ0) is 23.4. The molecule has 33 heavy (non-hydrogen) atoms. The Hall–Kier alpha value is -3.19. The van der Waals surface area contributed by atoms with Gasteiger partial charge in [0.2, 0.25) is 5.91 Å². The summed E-state index contributed by atoms with van der Waals surface area (Å²) in [5.74, 6) is 0.870. The summed E-state index contributed by atoms with van der Waals surface area (Å²) in [5, 5.41) is 0.389. The normalized spacial score (nSPS) is 19.1. The summed E-state index contributed by atoms with van der Waals surface area (Å²) in [7, 11) is 3.06. The highest BCUT2D eigenvalue weighted by atomic mass is 35.5. The van der Waals surface area contributed by atoms with Crippen molar-refractivity contribution in [2.75, 3.05) is 33.9 Å². The molecular formula is C25H27ClN2O5. The standard InChI is InChI=1S/C25H27ClN2O5/c1-31-20-10-8-18(23(26)24(20)32-2)9-11-22(29)27-14-12-19(13-15-27)28-16-21(33-25(28)30)17-6-4-3-5-7-17/h3-11,19,21H,12-16H2,1-2H3. The number of likely N-dealkylation sites (tertiary alicyclic amines) is 1. The number of halogens is 1. The number of carbonyl (C=O) groups is 2. The van der Waals surface area contributed by atoms with Gasteiger partial charge in [0.1, 0.15) is 6.10 Å². The van der Waals surface area contributed by atoms with Crippen LogP contribution in [0.2, 0.25) is 5.02 Å². The zero-order valence-corrected chi connectivity index (χ0v) is 19.5. The quantitative estimate of drug-likeness (QED) is 0.579. The van der Waals surface area contributed by atoms with E-state index < -0.39 is 0 Å². The predicted molar refractivity (Wildman–Crippen MR) is 126 cm³/mol. The zero-order valence-electron chi connectivity index (χ0n) is 18.7. The first-order valence-electron chi connectivity index (χ1n) is 10.9. The van der Waals surface area contributed by atoms with Gasteiger partial charge in [0.05, 0.1) is 25.8 Å². The van der Waals surface area contributed by atoms with Crippen molar-refractivity contribution in [3.8, 4) is 11.5 Å². The molecule has 2 amide bonds. The number of rotatable bonds is 6. The van der Waals surface area contributed by atoms with Crippen LogP contribution in [0.4, 0.5) is 4.79 Å². The van der Waals surface area contributed by atoms with Crippen LogP contribution in [0.25, 0.3) is 6.08 Å². The van der Waals surface area contributed by atoms with Gasteiger partial charge in [-0.3, -0.25) is 4.79 Å². The number of carbonyl (C=O) groups excluding carboxylic acids is 2. The average Bonchev–Trinajstić information content (AvgIpc) is 3.25. The minimum Gasteiger partial charge on any atom is -0.493 e. The van der Waals surface area contributed by atoms with E-state index in [2.05, 4.69) is 0 Å². The number of hydrogen-bond donors (Lipinski definition) is 0. The van der Waals surface area contributed by atoms with Crippen molar-refractivity contribution in [1.82, 2.24) is 9.80 Å². The highest BCUT2D eigenvalue weighted by Gasteiger charge is 2.38. The van der Waals surface area contributed by atoms with Gasteiger partial charge in [0, 0.05) is 25.2 Å². The van der Waals surface area contributed by atoms with Crippen LogP contribution in [0, 0.1) is 0 Å². The van der Waals surface area contributed by atoms with Gasteiger partial charge >= 0.3 is 6.09 Å². The van der Waals surface area contributed by atoms with Crippen molar-refractivity contribution in [2.24, 2.45) is 0 Å². The largest absolute Gasteiger partial charge is 0.493 e. The van der Waals surface area contributed by atoms with Crippen LogP contribution in [0.15, 0.2) is 48.5 Å². The van der Waals surface area contributed by atoms with Crippen molar-refractivity contribution in [1.29, 1.82) is 0 Å². The SMILES string of the molecule is COc1ccc(C=CC(=O)N2CCC(N3CC(c4ccccc4)OC3=O)CC2)c(Cl)c1OC. The van der Waals surface area contributed by atoms with Gasteiger partial charge in [-0.05, 0) is 42.2 Å². The number of ether oxygens (including phenoxy) is 3. The maximum Gasteiger partial charge on any atom is 0.410 e. The lowest BCUT2D eigenvalue weighted by molar-refractivity contribution is -0.127. The topological polar surface area (TPSA) is 68.3 Å². The molecule has 1 atom stereocenters. The van der Waals surface area contributed by atoms with E-state index in [1.807, 2.05) is 30.3 Å². The second-order valence-corrected chi connectivity index (χ2v) is 8.41. The van der Waals surface area contributed by atoms with E-state index in [1.54, 1.807) is 35.1 Å². The molecule has 2 aromatic carbocycles. The van der Waals surface area contributed by atoms with Crippen LogP contribution in [0.1, 0.15) is 30.1 Å². The first-order chi connectivity index (χ1) is 16.0. The molecule has 0 N–H and O–H groups in total. The summed E-state index contributed by atoms with van der Waals surface area (Å²) in [6.07, 6.45) is 4.11. The third kappa shape index (κ3) is 4.93. The number of cyclic esters (lactones) is 1. The Balaban J connectivity index is 1.34. The van der Waals surface area contributed by atoms with Gasteiger partial charge in [-0.2, -0.15) is 0 Å². The van der Waals surface area contributed by atoms with E-state index >= 15 is 0 Å². The van der Waals surface area contributed by atoms with Crippen LogP contribution in [-0.4, -0.2) is 61.7 Å². The van der Waals surface area contributed by atoms with E-state index in [0.29, 0.717) is 54.6 Å². The molecule has 2 aliphatic heterocycles. The maximum atomic E-state index is 12.7. The third-order valence-electron chi connectivity index (χ3n) is 6.15. The molecule has 8 heteroatoms. The molecule has 0 aromatic heterocycles. The first kappa shape index (κ1) is 23.0. The maximum absolute atomic E-state index is 12.7. The van der Waals surface area contributed by atoms with Crippen LogP contribution in [0.3, 0.4) is 0 Å². The number of methoxy groups -OCH3 is 2. The number of hydrogen-bond acceptors (Lipinski definition) is 5. The number of piperidine rings is 1. The lowest BCUT2D eigenvalue weighted by Gasteiger charge is -2.35. The van der Waals surface area contributed by atoms with Gasteiger partial charge in [-0.25, -0.2) is 4.79 Å². The minimum atomic E-state index is -0.281. The van der Waals surface area contributed by atoms with Crippen LogP contribution in [0.5, 0.6) is 11.5 Å². The Labute approximate surface area is 198 Å². The van der Waals surface area contributed by atoms with Crippen molar-refractivity contribution in [3.63, 3.8) is 0 Å². The molecule has 0 bridgehead atoms. The molecule has 2 saturated heterocycles. The summed E-state index contributed by atoms with van der Waals surface area (Å²) in [4.78, 5) is 28.8. The Kier molecular flexibility index (Phi) is 7.08. The smallest absolute Gasteiger partial charge is 0.410 e. The molecular weight excluding hydrogens is 444 g/mol. The highest BCUT2D eigenvalue weighted by Crippen LogP contribution is 2.38. The Morgan fingerprint density at radius 2 is 1.82 bits per heavy atom. The fourth-order valence-electron chi connectivity index (χ4n) is 4.32. The van der Waals surface area contributed by atoms with E-state index in [-0.39, 0.29) is 24.1 Å². The molecule has 7 nitrogen and oxygen atoms in total. The lowest BCUT2D eigenvalue weighted by atomic mass is 10.0. The van der Waals surface area contributed by atoms with Gasteiger partial charge in [0.15, 0.2) is 11.5 Å². The van der Waals surface area contributed by atoms with Crippen LogP contribution >= 0.6 is 11.6 Å². The number of benzene rings is 2.